The van der Waals surface area contributed by atoms with E-state index in [-0.39, 0.29) is 11.1 Å². The van der Waals surface area contributed by atoms with E-state index in [0.717, 1.165) is 6.42 Å². The van der Waals surface area contributed by atoms with E-state index in [1.807, 2.05) is 12.1 Å². The first-order valence-corrected chi connectivity index (χ1v) is 6.00. The van der Waals surface area contributed by atoms with Crippen molar-refractivity contribution in [1.82, 2.24) is 5.32 Å². The highest BCUT2D eigenvalue weighted by Gasteiger charge is 2.36. The lowest BCUT2D eigenvalue weighted by Gasteiger charge is -2.45. The zero-order valence-corrected chi connectivity index (χ0v) is 10.4. The molecule has 2 heteroatoms. The minimum Gasteiger partial charge on any atom is -0.508 e. The second-order valence-corrected chi connectivity index (χ2v) is 5.74. The third kappa shape index (κ3) is 2.22. The molecule has 1 aromatic carbocycles. The molecule has 0 aliphatic carbocycles. The summed E-state index contributed by atoms with van der Waals surface area (Å²) < 4.78 is 0. The Bertz CT molecular complexity index is 369. The van der Waals surface area contributed by atoms with Gasteiger partial charge in [0.25, 0.3) is 0 Å². The number of phenolic OH excluding ortho intramolecular Hbond substituents is 1. The van der Waals surface area contributed by atoms with Crippen LogP contribution in [0.3, 0.4) is 0 Å². The number of aromatic hydroxyl groups is 1. The van der Waals surface area contributed by atoms with Crippen LogP contribution in [0.15, 0.2) is 24.3 Å². The highest BCUT2D eigenvalue weighted by Crippen LogP contribution is 2.36. The van der Waals surface area contributed by atoms with E-state index in [2.05, 4.69) is 26.1 Å². The van der Waals surface area contributed by atoms with Gasteiger partial charge in [-0.1, -0.05) is 12.1 Å². The Morgan fingerprint density at radius 2 is 1.69 bits per heavy atom. The number of phenols is 1. The Kier molecular flexibility index (Phi) is 2.70. The van der Waals surface area contributed by atoms with Crippen molar-refractivity contribution in [2.75, 3.05) is 0 Å². The summed E-state index contributed by atoms with van der Waals surface area (Å²) in [4.78, 5) is 0. The first-order chi connectivity index (χ1) is 7.41. The molecule has 1 unspecified atom stereocenters. The second kappa shape index (κ2) is 3.77. The molecule has 2 rings (SSSR count). The summed E-state index contributed by atoms with van der Waals surface area (Å²) in [7, 11) is 0. The van der Waals surface area contributed by atoms with Gasteiger partial charge < -0.3 is 10.4 Å². The SMILES string of the molecule is CC1(C)CCCC(C)(c2ccc(O)cc2)N1. The van der Waals surface area contributed by atoms with Crippen molar-refractivity contribution in [1.29, 1.82) is 0 Å². The number of hydrogen-bond donors (Lipinski definition) is 2. The predicted octanol–water partition coefficient (Wildman–Crippen LogP) is 3.16. The molecule has 16 heavy (non-hydrogen) atoms. The molecule has 0 amide bonds. The first-order valence-electron chi connectivity index (χ1n) is 6.00. The fourth-order valence-electron chi connectivity index (χ4n) is 2.80. The lowest BCUT2D eigenvalue weighted by atomic mass is 9.78. The van der Waals surface area contributed by atoms with E-state index in [1.54, 1.807) is 12.1 Å². The molecule has 0 spiro atoms. The van der Waals surface area contributed by atoms with E-state index < -0.39 is 0 Å². The summed E-state index contributed by atoms with van der Waals surface area (Å²) in [6.45, 7) is 6.76. The van der Waals surface area contributed by atoms with Gasteiger partial charge in [-0.15, -0.1) is 0 Å². The summed E-state index contributed by atoms with van der Waals surface area (Å²) in [6, 6.07) is 7.57. The van der Waals surface area contributed by atoms with Crippen LogP contribution in [0.25, 0.3) is 0 Å². The number of rotatable bonds is 1. The smallest absolute Gasteiger partial charge is 0.115 e. The van der Waals surface area contributed by atoms with Crippen molar-refractivity contribution in [3.63, 3.8) is 0 Å². The molecule has 88 valence electrons. The molecule has 2 N–H and O–H groups in total. The number of nitrogens with one attached hydrogen (secondary N) is 1. The summed E-state index contributed by atoms with van der Waals surface area (Å²) in [5.41, 5.74) is 1.50. The quantitative estimate of drug-likeness (QED) is 0.760. The molecule has 1 heterocycles. The topological polar surface area (TPSA) is 32.3 Å². The first kappa shape index (κ1) is 11.5. The highest BCUT2D eigenvalue weighted by molar-refractivity contribution is 5.31. The largest absolute Gasteiger partial charge is 0.508 e. The van der Waals surface area contributed by atoms with Gasteiger partial charge in [0.05, 0.1) is 0 Å². The van der Waals surface area contributed by atoms with Crippen LogP contribution in [0.4, 0.5) is 0 Å². The maximum Gasteiger partial charge on any atom is 0.115 e. The molecule has 0 saturated carbocycles. The van der Waals surface area contributed by atoms with Crippen molar-refractivity contribution in [3.8, 4) is 5.75 Å². The van der Waals surface area contributed by atoms with Crippen LogP contribution in [-0.2, 0) is 5.54 Å². The zero-order chi connectivity index (χ0) is 11.8. The van der Waals surface area contributed by atoms with Gasteiger partial charge in [0.15, 0.2) is 0 Å². The molecule has 1 saturated heterocycles. The molecule has 0 bridgehead atoms. The third-order valence-electron chi connectivity index (χ3n) is 3.60. The van der Waals surface area contributed by atoms with Gasteiger partial charge in [-0.3, -0.25) is 0 Å². The molecule has 0 aromatic heterocycles. The van der Waals surface area contributed by atoms with Crippen LogP contribution in [0.2, 0.25) is 0 Å². The lowest BCUT2D eigenvalue weighted by molar-refractivity contribution is 0.168. The standard InChI is InChI=1S/C14H21NO/c1-13(2)9-4-10-14(3,15-13)11-5-7-12(16)8-6-11/h5-8,15-16H,4,9-10H2,1-3H3. The maximum atomic E-state index is 9.32. The van der Waals surface area contributed by atoms with Gasteiger partial charge in [0.1, 0.15) is 5.75 Å². The van der Waals surface area contributed by atoms with E-state index in [9.17, 15) is 5.11 Å². The fraction of sp³-hybridized carbons (Fsp3) is 0.571. The average Bonchev–Trinajstić information content (AvgIpc) is 2.16. The molecular weight excluding hydrogens is 198 g/mol. The molecule has 1 atom stereocenters. The lowest BCUT2D eigenvalue weighted by Crippen LogP contribution is -2.54. The molecule has 1 aromatic rings. The van der Waals surface area contributed by atoms with Crippen molar-refractivity contribution in [2.45, 2.75) is 51.1 Å². The van der Waals surface area contributed by atoms with Crippen molar-refractivity contribution < 1.29 is 5.11 Å². The van der Waals surface area contributed by atoms with Crippen LogP contribution >= 0.6 is 0 Å². The second-order valence-electron chi connectivity index (χ2n) is 5.74. The van der Waals surface area contributed by atoms with Crippen LogP contribution in [0.1, 0.15) is 45.6 Å². The van der Waals surface area contributed by atoms with Crippen molar-refractivity contribution in [2.24, 2.45) is 0 Å². The zero-order valence-electron chi connectivity index (χ0n) is 10.4. The fourth-order valence-corrected chi connectivity index (χ4v) is 2.80. The summed E-state index contributed by atoms with van der Waals surface area (Å²) in [6.07, 6.45) is 3.62. The normalized spacial score (nSPS) is 28.9. The minimum atomic E-state index is 0.0372. The van der Waals surface area contributed by atoms with Crippen molar-refractivity contribution in [3.05, 3.63) is 29.8 Å². The number of hydrogen-bond acceptors (Lipinski definition) is 2. The third-order valence-corrected chi connectivity index (χ3v) is 3.60. The van der Waals surface area contributed by atoms with Gasteiger partial charge >= 0.3 is 0 Å². The number of piperidine rings is 1. The average molecular weight is 219 g/mol. The maximum absolute atomic E-state index is 9.32. The summed E-state index contributed by atoms with van der Waals surface area (Å²) in [5, 5.41) is 13.0. The molecule has 2 nitrogen and oxygen atoms in total. The number of benzene rings is 1. The Hall–Kier alpha value is -1.02. The minimum absolute atomic E-state index is 0.0372. The van der Waals surface area contributed by atoms with E-state index in [1.165, 1.54) is 18.4 Å². The van der Waals surface area contributed by atoms with Gasteiger partial charge in [-0.25, -0.2) is 0 Å². The van der Waals surface area contributed by atoms with Gasteiger partial charge in [0, 0.05) is 11.1 Å². The Morgan fingerprint density at radius 3 is 2.25 bits per heavy atom. The van der Waals surface area contributed by atoms with Crippen LogP contribution in [-0.4, -0.2) is 10.6 Å². The Balaban J connectivity index is 2.27. The van der Waals surface area contributed by atoms with Gasteiger partial charge in [-0.2, -0.15) is 0 Å². The molecule has 1 aliphatic heterocycles. The molecule has 1 fully saturated rings. The van der Waals surface area contributed by atoms with Crippen LogP contribution in [0, 0.1) is 0 Å². The Labute approximate surface area is 97.7 Å². The van der Waals surface area contributed by atoms with Gasteiger partial charge in [-0.05, 0) is 57.7 Å². The van der Waals surface area contributed by atoms with E-state index in [0.29, 0.717) is 5.75 Å². The Morgan fingerprint density at radius 1 is 1.06 bits per heavy atom. The highest BCUT2D eigenvalue weighted by atomic mass is 16.3. The van der Waals surface area contributed by atoms with E-state index >= 15 is 0 Å². The monoisotopic (exact) mass is 219 g/mol. The van der Waals surface area contributed by atoms with E-state index in [4.69, 9.17) is 0 Å². The van der Waals surface area contributed by atoms with Crippen LogP contribution in [0.5, 0.6) is 5.75 Å². The molecular formula is C14H21NO. The molecule has 0 radical (unpaired) electrons. The van der Waals surface area contributed by atoms with Crippen molar-refractivity contribution >= 4 is 0 Å². The van der Waals surface area contributed by atoms with Crippen LogP contribution < -0.4 is 5.32 Å². The predicted molar refractivity (Wildman–Crippen MR) is 66.5 cm³/mol. The summed E-state index contributed by atoms with van der Waals surface area (Å²) >= 11 is 0. The van der Waals surface area contributed by atoms with Gasteiger partial charge in [0.2, 0.25) is 0 Å². The summed E-state index contributed by atoms with van der Waals surface area (Å²) in [5.74, 6) is 0.336. The molecule has 1 aliphatic rings.